The topological polar surface area (TPSA) is 82.7 Å². The Balaban J connectivity index is 2.99. The van der Waals surface area contributed by atoms with Gasteiger partial charge in [-0.15, -0.1) is 0 Å². The highest BCUT2D eigenvalue weighted by molar-refractivity contribution is 5.68. The van der Waals surface area contributed by atoms with Crippen LogP contribution in [0.5, 0.6) is 5.88 Å². The van der Waals surface area contributed by atoms with Crippen molar-refractivity contribution < 1.29 is 14.2 Å². The summed E-state index contributed by atoms with van der Waals surface area (Å²) >= 11 is 0. The lowest BCUT2D eigenvalue weighted by Crippen LogP contribution is -2.39. The van der Waals surface area contributed by atoms with Crippen molar-refractivity contribution in [1.82, 2.24) is 9.97 Å². The molecule has 1 aromatic heterocycles. The number of nitrogen functional groups attached to an aromatic ring is 1. The summed E-state index contributed by atoms with van der Waals surface area (Å²) in [5.41, 5.74) is 6.61. The first kappa shape index (κ1) is 17.5. The number of nitrogens with two attached hydrogens (primary N) is 1. The highest BCUT2D eigenvalue weighted by Crippen LogP contribution is 2.29. The van der Waals surface area contributed by atoms with Crippen LogP contribution in [0.2, 0.25) is 0 Å². The van der Waals surface area contributed by atoms with Crippen molar-refractivity contribution in [2.45, 2.75) is 26.3 Å². The van der Waals surface area contributed by atoms with Crippen molar-refractivity contribution in [2.75, 3.05) is 51.2 Å². The summed E-state index contributed by atoms with van der Waals surface area (Å²) in [5, 5.41) is 0. The fourth-order valence-electron chi connectivity index (χ4n) is 1.97. The van der Waals surface area contributed by atoms with Crippen LogP contribution in [-0.4, -0.2) is 56.6 Å². The zero-order valence-corrected chi connectivity index (χ0v) is 13.3. The predicted molar refractivity (Wildman–Crippen MR) is 82.8 cm³/mol. The number of rotatable bonds is 10. The van der Waals surface area contributed by atoms with E-state index in [0.29, 0.717) is 43.8 Å². The van der Waals surface area contributed by atoms with Gasteiger partial charge in [-0.1, -0.05) is 6.92 Å². The number of methoxy groups -OCH3 is 2. The fraction of sp³-hybridized carbons (Fsp3) is 0.714. The number of aromatic nitrogens is 2. The summed E-state index contributed by atoms with van der Waals surface area (Å²) in [5.74, 6) is 1.08. The van der Waals surface area contributed by atoms with Gasteiger partial charge in [0.1, 0.15) is 12.0 Å². The van der Waals surface area contributed by atoms with Crippen LogP contribution in [0.3, 0.4) is 0 Å². The Morgan fingerprint density at radius 1 is 1.24 bits per heavy atom. The molecule has 1 heterocycles. The largest absolute Gasteiger partial charge is 0.476 e. The standard InChI is InChI=1S/C14H26N4O3/c1-5-7-21-14-12(15)13(16-10-17-14)18(6-8-19-3)11(2)9-20-4/h10-11H,5-9,15H2,1-4H3. The third-order valence-corrected chi connectivity index (χ3v) is 3.02. The van der Waals surface area contributed by atoms with Crippen molar-refractivity contribution in [3.05, 3.63) is 6.33 Å². The van der Waals surface area contributed by atoms with Gasteiger partial charge in [0, 0.05) is 20.8 Å². The van der Waals surface area contributed by atoms with Gasteiger partial charge in [0.2, 0.25) is 5.88 Å². The third-order valence-electron chi connectivity index (χ3n) is 3.02. The predicted octanol–water partition coefficient (Wildman–Crippen LogP) is 1.34. The van der Waals surface area contributed by atoms with E-state index < -0.39 is 0 Å². The molecule has 0 aromatic carbocycles. The van der Waals surface area contributed by atoms with Gasteiger partial charge in [0.15, 0.2) is 5.82 Å². The Kier molecular flexibility index (Phi) is 7.78. The van der Waals surface area contributed by atoms with Crippen molar-refractivity contribution in [3.8, 4) is 5.88 Å². The number of hydrogen-bond acceptors (Lipinski definition) is 7. The first-order chi connectivity index (χ1) is 10.2. The van der Waals surface area contributed by atoms with E-state index in [4.69, 9.17) is 19.9 Å². The molecule has 0 spiro atoms. The maximum atomic E-state index is 6.16. The van der Waals surface area contributed by atoms with Crippen molar-refractivity contribution in [2.24, 2.45) is 0 Å². The number of hydrogen-bond donors (Lipinski definition) is 1. The minimum Gasteiger partial charge on any atom is -0.476 e. The maximum absolute atomic E-state index is 6.16. The van der Waals surface area contributed by atoms with Gasteiger partial charge >= 0.3 is 0 Å². The molecule has 0 saturated carbocycles. The molecule has 7 nitrogen and oxygen atoms in total. The van der Waals surface area contributed by atoms with Gasteiger partial charge in [-0.25, -0.2) is 4.98 Å². The zero-order chi connectivity index (χ0) is 15.7. The second kappa shape index (κ2) is 9.36. The van der Waals surface area contributed by atoms with E-state index in [1.54, 1.807) is 14.2 Å². The van der Waals surface area contributed by atoms with Gasteiger partial charge in [0.05, 0.1) is 25.9 Å². The molecule has 7 heteroatoms. The molecule has 2 N–H and O–H groups in total. The smallest absolute Gasteiger partial charge is 0.242 e. The van der Waals surface area contributed by atoms with Crippen LogP contribution >= 0.6 is 0 Å². The molecule has 120 valence electrons. The molecule has 0 aliphatic rings. The molecule has 0 amide bonds. The van der Waals surface area contributed by atoms with Crippen LogP contribution in [-0.2, 0) is 9.47 Å². The Bertz CT molecular complexity index is 417. The first-order valence-electron chi connectivity index (χ1n) is 7.13. The Morgan fingerprint density at radius 3 is 2.62 bits per heavy atom. The van der Waals surface area contributed by atoms with Crippen molar-refractivity contribution >= 4 is 11.5 Å². The number of ether oxygens (including phenoxy) is 3. The molecule has 0 saturated heterocycles. The van der Waals surface area contributed by atoms with Crippen LogP contribution in [0.15, 0.2) is 6.33 Å². The Morgan fingerprint density at radius 2 is 2.00 bits per heavy atom. The monoisotopic (exact) mass is 298 g/mol. The van der Waals surface area contributed by atoms with Crippen LogP contribution in [0.4, 0.5) is 11.5 Å². The summed E-state index contributed by atoms with van der Waals surface area (Å²) < 4.78 is 15.9. The van der Waals surface area contributed by atoms with Gasteiger partial charge in [0.25, 0.3) is 0 Å². The molecule has 0 bridgehead atoms. The summed E-state index contributed by atoms with van der Waals surface area (Å²) in [6.45, 7) is 6.46. The lowest BCUT2D eigenvalue weighted by molar-refractivity contribution is 0.170. The molecule has 1 rings (SSSR count). The number of anilines is 2. The van der Waals surface area contributed by atoms with E-state index in [1.165, 1.54) is 6.33 Å². The molecular formula is C14H26N4O3. The second-order valence-corrected chi connectivity index (χ2v) is 4.76. The molecule has 0 radical (unpaired) electrons. The molecule has 1 aromatic rings. The van der Waals surface area contributed by atoms with Crippen LogP contribution in [0.1, 0.15) is 20.3 Å². The normalized spacial score (nSPS) is 12.2. The summed E-state index contributed by atoms with van der Waals surface area (Å²) in [4.78, 5) is 10.4. The fourth-order valence-corrected chi connectivity index (χ4v) is 1.97. The molecular weight excluding hydrogens is 272 g/mol. The second-order valence-electron chi connectivity index (χ2n) is 4.76. The van der Waals surface area contributed by atoms with Crippen molar-refractivity contribution in [1.29, 1.82) is 0 Å². The van der Waals surface area contributed by atoms with Gasteiger partial charge < -0.3 is 24.8 Å². The van der Waals surface area contributed by atoms with Crippen LogP contribution < -0.4 is 15.4 Å². The minimum atomic E-state index is 0.112. The average molecular weight is 298 g/mol. The molecule has 1 atom stereocenters. The molecule has 21 heavy (non-hydrogen) atoms. The minimum absolute atomic E-state index is 0.112. The third kappa shape index (κ3) is 5.02. The van der Waals surface area contributed by atoms with Gasteiger partial charge in [-0.05, 0) is 13.3 Å². The highest BCUT2D eigenvalue weighted by Gasteiger charge is 2.20. The zero-order valence-electron chi connectivity index (χ0n) is 13.3. The van der Waals surface area contributed by atoms with E-state index in [9.17, 15) is 0 Å². The van der Waals surface area contributed by atoms with Gasteiger partial charge in [-0.2, -0.15) is 4.98 Å². The first-order valence-corrected chi connectivity index (χ1v) is 7.13. The lowest BCUT2D eigenvalue weighted by atomic mass is 10.2. The Hall–Kier alpha value is -1.60. The van der Waals surface area contributed by atoms with E-state index in [2.05, 4.69) is 9.97 Å². The van der Waals surface area contributed by atoms with E-state index >= 15 is 0 Å². The van der Waals surface area contributed by atoms with Gasteiger partial charge in [-0.3, -0.25) is 0 Å². The quantitative estimate of drug-likeness (QED) is 0.697. The molecule has 0 fully saturated rings. The summed E-state index contributed by atoms with van der Waals surface area (Å²) in [6, 6.07) is 0.112. The maximum Gasteiger partial charge on any atom is 0.242 e. The van der Waals surface area contributed by atoms with Crippen molar-refractivity contribution in [3.63, 3.8) is 0 Å². The lowest BCUT2D eigenvalue weighted by Gasteiger charge is -2.30. The van der Waals surface area contributed by atoms with Crippen LogP contribution in [0, 0.1) is 0 Å². The van der Waals surface area contributed by atoms with E-state index in [0.717, 1.165) is 6.42 Å². The van der Waals surface area contributed by atoms with Crippen LogP contribution in [0.25, 0.3) is 0 Å². The summed E-state index contributed by atoms with van der Waals surface area (Å²) in [6.07, 6.45) is 2.36. The highest BCUT2D eigenvalue weighted by atomic mass is 16.5. The van der Waals surface area contributed by atoms with E-state index in [1.807, 2.05) is 18.7 Å². The Labute approximate surface area is 126 Å². The average Bonchev–Trinajstić information content (AvgIpc) is 2.48. The van der Waals surface area contributed by atoms with E-state index in [-0.39, 0.29) is 6.04 Å². The summed E-state index contributed by atoms with van der Waals surface area (Å²) in [7, 11) is 3.34. The number of nitrogens with zero attached hydrogens (tertiary/aromatic N) is 3. The SMILES string of the molecule is CCCOc1ncnc(N(CCOC)C(C)COC)c1N. The molecule has 0 aliphatic heterocycles. The molecule has 0 aliphatic carbocycles. The molecule has 1 unspecified atom stereocenters.